The Kier molecular flexibility index (Phi) is 9.63. The first-order valence-electron chi connectivity index (χ1n) is 11.9. The number of allylic oxidation sites excluding steroid dienone is 2. The zero-order chi connectivity index (χ0) is 22.1. The molecular formula is C27H39N3S. The molecule has 0 fully saturated rings. The van der Waals surface area contributed by atoms with Gasteiger partial charge in [0.1, 0.15) is 0 Å². The van der Waals surface area contributed by atoms with E-state index >= 15 is 0 Å². The van der Waals surface area contributed by atoms with Gasteiger partial charge in [-0.05, 0) is 75.8 Å². The van der Waals surface area contributed by atoms with Gasteiger partial charge in [-0.25, -0.2) is 0 Å². The minimum Gasteiger partial charge on any atom is -0.330 e. The summed E-state index contributed by atoms with van der Waals surface area (Å²) in [5.41, 5.74) is 14.0. The number of hydrogen-bond acceptors (Lipinski definition) is 4. The van der Waals surface area contributed by atoms with E-state index in [1.807, 2.05) is 11.8 Å². The zero-order valence-electron chi connectivity index (χ0n) is 19.6. The molecule has 1 aromatic rings. The molecule has 1 aromatic carbocycles. The standard InChI is InChI=1S/C15H18N2S.C12H21N/c16-8-1-2-11-3-5-12(6-4-11)14-15-13(10-17-14)7-9-18-15;1-4-6-12-10-13(8-5-2)9-7-11(12)3/h3-6H,1-2,7-10,16H2;4,6H,5,7-10H2,1-3H3/b;6-4-. The number of aliphatic imine (C=N–C) groups is 1. The molecule has 4 heteroatoms. The van der Waals surface area contributed by atoms with Crippen molar-refractivity contribution in [1.29, 1.82) is 0 Å². The van der Waals surface area contributed by atoms with Crippen LogP contribution in [0, 0.1) is 0 Å². The van der Waals surface area contributed by atoms with Crippen molar-refractivity contribution >= 4 is 17.5 Å². The van der Waals surface area contributed by atoms with E-state index in [0.717, 1.165) is 32.5 Å². The summed E-state index contributed by atoms with van der Waals surface area (Å²) in [7, 11) is 0. The number of benzene rings is 1. The quantitative estimate of drug-likeness (QED) is 0.589. The average molecular weight is 438 g/mol. The van der Waals surface area contributed by atoms with E-state index in [2.05, 4.69) is 67.1 Å². The van der Waals surface area contributed by atoms with Crippen molar-refractivity contribution in [3.05, 3.63) is 69.2 Å². The van der Waals surface area contributed by atoms with Gasteiger partial charge in [0, 0.05) is 29.3 Å². The van der Waals surface area contributed by atoms with E-state index in [0.29, 0.717) is 0 Å². The fourth-order valence-electron chi connectivity index (χ4n) is 4.33. The highest BCUT2D eigenvalue weighted by atomic mass is 32.2. The van der Waals surface area contributed by atoms with Gasteiger partial charge in [0.2, 0.25) is 0 Å². The van der Waals surface area contributed by atoms with Crippen LogP contribution in [0.3, 0.4) is 0 Å². The lowest BCUT2D eigenvalue weighted by Crippen LogP contribution is -2.31. The van der Waals surface area contributed by atoms with Crippen molar-refractivity contribution in [2.45, 2.75) is 52.9 Å². The van der Waals surface area contributed by atoms with Crippen LogP contribution in [0.15, 0.2) is 63.0 Å². The van der Waals surface area contributed by atoms with E-state index in [9.17, 15) is 0 Å². The smallest absolute Gasteiger partial charge is 0.0786 e. The second-order valence-corrected chi connectivity index (χ2v) is 9.72. The number of rotatable bonds is 7. The van der Waals surface area contributed by atoms with Gasteiger partial charge in [0.15, 0.2) is 0 Å². The van der Waals surface area contributed by atoms with E-state index in [-0.39, 0.29) is 0 Å². The fraction of sp³-hybridized carbons (Fsp3) is 0.519. The number of aryl methyl sites for hydroxylation is 1. The molecule has 0 saturated carbocycles. The number of thioether (sulfide) groups is 1. The van der Waals surface area contributed by atoms with E-state index < -0.39 is 0 Å². The number of hydrogen-bond donors (Lipinski definition) is 1. The predicted octanol–water partition coefficient (Wildman–Crippen LogP) is 5.77. The molecule has 2 N–H and O–H groups in total. The number of nitrogens with zero attached hydrogens (tertiary/aromatic N) is 2. The van der Waals surface area contributed by atoms with E-state index in [1.165, 1.54) is 65.4 Å². The Morgan fingerprint density at radius 1 is 1.19 bits per heavy atom. The Morgan fingerprint density at radius 2 is 2.00 bits per heavy atom. The Bertz CT molecular complexity index is 846. The summed E-state index contributed by atoms with van der Waals surface area (Å²) >= 11 is 1.97. The Labute approximate surface area is 193 Å². The predicted molar refractivity (Wildman–Crippen MR) is 138 cm³/mol. The van der Waals surface area contributed by atoms with Crippen LogP contribution in [0.1, 0.15) is 57.6 Å². The highest BCUT2D eigenvalue weighted by Crippen LogP contribution is 2.38. The van der Waals surface area contributed by atoms with Gasteiger partial charge in [-0.1, -0.05) is 48.9 Å². The van der Waals surface area contributed by atoms with Crippen LogP contribution in [0.25, 0.3) is 0 Å². The van der Waals surface area contributed by atoms with Crippen molar-refractivity contribution < 1.29 is 0 Å². The van der Waals surface area contributed by atoms with Crippen molar-refractivity contribution in [3.63, 3.8) is 0 Å². The van der Waals surface area contributed by atoms with Gasteiger partial charge >= 0.3 is 0 Å². The lowest BCUT2D eigenvalue weighted by atomic mass is 10.0. The third kappa shape index (κ3) is 6.68. The SMILES string of the molecule is C/C=C\C1=C(C)CCN(CCC)C1.NCCCc1ccc(C2=NCC3=C2SCC3)cc1. The van der Waals surface area contributed by atoms with Gasteiger partial charge in [0.05, 0.1) is 12.3 Å². The lowest BCUT2D eigenvalue weighted by molar-refractivity contribution is 0.288. The Morgan fingerprint density at radius 3 is 2.71 bits per heavy atom. The van der Waals surface area contributed by atoms with Crippen LogP contribution in [-0.4, -0.2) is 49.1 Å². The minimum absolute atomic E-state index is 0.765. The third-order valence-corrected chi connectivity index (χ3v) is 7.34. The van der Waals surface area contributed by atoms with Crippen LogP contribution in [0.2, 0.25) is 0 Å². The minimum atomic E-state index is 0.765. The molecule has 0 atom stereocenters. The maximum Gasteiger partial charge on any atom is 0.0786 e. The Hall–Kier alpha value is -1.62. The van der Waals surface area contributed by atoms with Gasteiger partial charge in [-0.2, -0.15) is 0 Å². The molecule has 3 aliphatic heterocycles. The topological polar surface area (TPSA) is 41.6 Å². The second kappa shape index (κ2) is 12.4. The molecule has 3 nitrogen and oxygen atoms in total. The van der Waals surface area contributed by atoms with Gasteiger partial charge < -0.3 is 5.73 Å². The molecule has 168 valence electrons. The monoisotopic (exact) mass is 437 g/mol. The fourth-order valence-corrected chi connectivity index (χ4v) is 5.57. The Balaban J connectivity index is 0.000000187. The van der Waals surface area contributed by atoms with Gasteiger partial charge in [-0.3, -0.25) is 9.89 Å². The molecule has 31 heavy (non-hydrogen) atoms. The van der Waals surface area contributed by atoms with Crippen molar-refractivity contribution in [2.75, 3.05) is 38.5 Å². The van der Waals surface area contributed by atoms with Gasteiger partial charge in [-0.15, -0.1) is 11.8 Å². The normalized spacial score (nSPS) is 19.0. The molecule has 0 spiro atoms. The first-order chi connectivity index (χ1) is 15.2. The maximum atomic E-state index is 5.54. The van der Waals surface area contributed by atoms with Gasteiger partial charge in [0.25, 0.3) is 0 Å². The van der Waals surface area contributed by atoms with Crippen LogP contribution >= 0.6 is 11.8 Å². The van der Waals surface area contributed by atoms with Crippen LogP contribution in [0.4, 0.5) is 0 Å². The summed E-state index contributed by atoms with van der Waals surface area (Å²) in [5, 5.41) is 0. The molecule has 0 bridgehead atoms. The van der Waals surface area contributed by atoms with Crippen molar-refractivity contribution in [1.82, 2.24) is 4.90 Å². The van der Waals surface area contributed by atoms with E-state index in [4.69, 9.17) is 5.73 Å². The van der Waals surface area contributed by atoms with E-state index in [1.54, 1.807) is 11.1 Å². The molecule has 0 saturated heterocycles. The summed E-state index contributed by atoms with van der Waals surface area (Å²) in [6.07, 6.45) is 10.3. The summed E-state index contributed by atoms with van der Waals surface area (Å²) in [6.45, 7) is 11.9. The summed E-state index contributed by atoms with van der Waals surface area (Å²) < 4.78 is 0. The molecule has 3 heterocycles. The molecule has 0 aromatic heterocycles. The molecule has 4 rings (SSSR count). The number of nitrogens with two attached hydrogens (primary N) is 1. The highest BCUT2D eigenvalue weighted by molar-refractivity contribution is 8.04. The zero-order valence-corrected chi connectivity index (χ0v) is 20.4. The molecule has 0 aliphatic carbocycles. The highest BCUT2D eigenvalue weighted by Gasteiger charge is 2.25. The van der Waals surface area contributed by atoms with Crippen LogP contribution in [0.5, 0.6) is 0 Å². The van der Waals surface area contributed by atoms with Crippen LogP contribution < -0.4 is 5.73 Å². The van der Waals surface area contributed by atoms with Crippen molar-refractivity contribution in [3.8, 4) is 0 Å². The first kappa shape index (κ1) is 24.0. The first-order valence-corrected chi connectivity index (χ1v) is 12.9. The summed E-state index contributed by atoms with van der Waals surface area (Å²) in [6, 6.07) is 8.84. The summed E-state index contributed by atoms with van der Waals surface area (Å²) in [5.74, 6) is 1.23. The third-order valence-electron chi connectivity index (χ3n) is 6.16. The average Bonchev–Trinajstić information content (AvgIpc) is 3.40. The molecule has 0 radical (unpaired) electrons. The maximum absolute atomic E-state index is 5.54. The second-order valence-electron chi connectivity index (χ2n) is 8.62. The molecule has 0 unspecified atom stereocenters. The van der Waals surface area contributed by atoms with Crippen LogP contribution in [-0.2, 0) is 6.42 Å². The largest absolute Gasteiger partial charge is 0.330 e. The molecule has 0 amide bonds. The summed E-state index contributed by atoms with van der Waals surface area (Å²) in [4.78, 5) is 8.68. The molecule has 3 aliphatic rings. The van der Waals surface area contributed by atoms with Crippen molar-refractivity contribution in [2.24, 2.45) is 10.7 Å². The lowest BCUT2D eigenvalue weighted by Gasteiger charge is -2.28. The molecular weight excluding hydrogens is 398 g/mol.